The second kappa shape index (κ2) is 10.8. The van der Waals surface area contributed by atoms with E-state index in [2.05, 4.69) is 34.9 Å². The van der Waals surface area contributed by atoms with E-state index in [1.165, 1.54) is 11.1 Å². The molecular weight excluding hydrogens is 408 g/mol. The molecule has 0 bridgehead atoms. The molecule has 3 N–H and O–H groups in total. The van der Waals surface area contributed by atoms with Gasteiger partial charge in [-0.2, -0.15) is 0 Å². The SMILES string of the molecule is CC(CCCC(=O)NCC(C)C(=O)O)NC(=O)OCC1c2ccccc2-c2ccccc21. The number of aliphatic carboxylic acids is 1. The fraction of sp³-hybridized carbons (Fsp3) is 0.400. The smallest absolute Gasteiger partial charge is 0.407 e. The van der Waals surface area contributed by atoms with Gasteiger partial charge in [-0.1, -0.05) is 55.5 Å². The maximum absolute atomic E-state index is 12.3. The van der Waals surface area contributed by atoms with Crippen LogP contribution in [-0.4, -0.2) is 42.3 Å². The van der Waals surface area contributed by atoms with Gasteiger partial charge in [0, 0.05) is 24.9 Å². The predicted octanol–water partition coefficient (Wildman–Crippen LogP) is 3.92. The van der Waals surface area contributed by atoms with Crippen molar-refractivity contribution >= 4 is 18.0 Å². The lowest BCUT2D eigenvalue weighted by Crippen LogP contribution is -2.34. The predicted molar refractivity (Wildman–Crippen MR) is 121 cm³/mol. The van der Waals surface area contributed by atoms with Gasteiger partial charge in [0.1, 0.15) is 6.61 Å². The van der Waals surface area contributed by atoms with Crippen LogP contribution in [0.2, 0.25) is 0 Å². The van der Waals surface area contributed by atoms with E-state index in [1.54, 1.807) is 6.92 Å². The van der Waals surface area contributed by atoms with Crippen molar-refractivity contribution in [3.8, 4) is 11.1 Å². The average molecular weight is 439 g/mol. The Morgan fingerprint density at radius 3 is 2.19 bits per heavy atom. The number of nitrogens with one attached hydrogen (secondary N) is 2. The third-order valence-corrected chi connectivity index (χ3v) is 5.78. The van der Waals surface area contributed by atoms with E-state index in [4.69, 9.17) is 9.84 Å². The Bertz CT molecular complexity index is 929. The molecule has 2 unspecified atom stereocenters. The molecule has 0 radical (unpaired) electrons. The molecule has 7 nitrogen and oxygen atoms in total. The Kier molecular flexibility index (Phi) is 7.87. The third-order valence-electron chi connectivity index (χ3n) is 5.78. The molecular formula is C25H30N2O5. The van der Waals surface area contributed by atoms with Gasteiger partial charge < -0.3 is 20.5 Å². The molecule has 2 aromatic carbocycles. The van der Waals surface area contributed by atoms with Crippen molar-refractivity contribution < 1.29 is 24.2 Å². The fourth-order valence-corrected chi connectivity index (χ4v) is 3.92. The Balaban J connectivity index is 1.41. The van der Waals surface area contributed by atoms with Gasteiger partial charge in [-0.3, -0.25) is 9.59 Å². The summed E-state index contributed by atoms with van der Waals surface area (Å²) in [5.41, 5.74) is 4.69. The number of alkyl carbamates (subject to hydrolysis) is 1. The molecule has 0 saturated heterocycles. The van der Waals surface area contributed by atoms with Crippen LogP contribution < -0.4 is 10.6 Å². The number of fused-ring (bicyclic) bond motifs is 3. The zero-order valence-electron chi connectivity index (χ0n) is 18.5. The minimum absolute atomic E-state index is 0.0142. The lowest BCUT2D eigenvalue weighted by Gasteiger charge is -2.17. The fourth-order valence-electron chi connectivity index (χ4n) is 3.92. The van der Waals surface area contributed by atoms with Crippen LogP contribution in [0.25, 0.3) is 11.1 Å². The first kappa shape index (κ1) is 23.3. The Morgan fingerprint density at radius 2 is 1.59 bits per heavy atom. The van der Waals surface area contributed by atoms with E-state index in [1.807, 2.05) is 31.2 Å². The molecule has 2 aromatic rings. The van der Waals surface area contributed by atoms with Crippen LogP contribution >= 0.6 is 0 Å². The van der Waals surface area contributed by atoms with Crippen LogP contribution in [0.3, 0.4) is 0 Å². The quantitative estimate of drug-likeness (QED) is 0.521. The molecule has 2 amide bonds. The molecule has 0 saturated carbocycles. The number of carbonyl (C=O) groups excluding carboxylic acids is 2. The summed E-state index contributed by atoms with van der Waals surface area (Å²) in [7, 11) is 0. The van der Waals surface area contributed by atoms with Crippen LogP contribution in [0.1, 0.15) is 50.2 Å². The monoisotopic (exact) mass is 438 g/mol. The number of amides is 2. The maximum Gasteiger partial charge on any atom is 0.407 e. The van der Waals surface area contributed by atoms with E-state index >= 15 is 0 Å². The van der Waals surface area contributed by atoms with E-state index in [9.17, 15) is 14.4 Å². The van der Waals surface area contributed by atoms with Gasteiger partial charge in [0.05, 0.1) is 5.92 Å². The second-order valence-electron chi connectivity index (χ2n) is 8.31. The number of hydrogen-bond donors (Lipinski definition) is 3. The van der Waals surface area contributed by atoms with Crippen LogP contribution in [0.5, 0.6) is 0 Å². The molecule has 0 spiro atoms. The van der Waals surface area contributed by atoms with Gasteiger partial charge in [0.25, 0.3) is 0 Å². The van der Waals surface area contributed by atoms with Crippen molar-refractivity contribution in [3.05, 3.63) is 59.7 Å². The number of benzene rings is 2. The topological polar surface area (TPSA) is 105 Å². The summed E-state index contributed by atoms with van der Waals surface area (Å²) in [6.45, 7) is 3.79. The summed E-state index contributed by atoms with van der Waals surface area (Å²) in [5, 5.41) is 14.3. The largest absolute Gasteiger partial charge is 0.481 e. The molecule has 0 aliphatic heterocycles. The van der Waals surface area contributed by atoms with Crippen LogP contribution in [0.4, 0.5) is 4.79 Å². The second-order valence-corrected chi connectivity index (χ2v) is 8.31. The summed E-state index contributed by atoms with van der Waals surface area (Å²) in [6.07, 6.45) is 1.01. The number of hydrogen-bond acceptors (Lipinski definition) is 4. The normalized spacial score (nSPS) is 14.1. The van der Waals surface area contributed by atoms with Crippen molar-refractivity contribution in [2.45, 2.75) is 45.1 Å². The number of ether oxygens (including phenoxy) is 1. The summed E-state index contributed by atoms with van der Waals surface area (Å²) < 4.78 is 5.54. The molecule has 0 fully saturated rings. The number of carboxylic acid groups (broad SMARTS) is 1. The van der Waals surface area contributed by atoms with Gasteiger partial charge in [0.15, 0.2) is 0 Å². The Morgan fingerprint density at radius 1 is 1.00 bits per heavy atom. The lowest BCUT2D eigenvalue weighted by atomic mass is 9.98. The first-order valence-electron chi connectivity index (χ1n) is 11.0. The first-order valence-corrected chi connectivity index (χ1v) is 11.0. The minimum atomic E-state index is -0.939. The van der Waals surface area contributed by atoms with E-state index in [0.717, 1.165) is 11.1 Å². The molecule has 2 atom stereocenters. The molecule has 0 heterocycles. The average Bonchev–Trinajstić information content (AvgIpc) is 3.09. The number of rotatable bonds is 10. The highest BCUT2D eigenvalue weighted by Gasteiger charge is 2.29. The molecule has 1 aliphatic carbocycles. The van der Waals surface area contributed by atoms with Gasteiger partial charge in [-0.05, 0) is 42.0 Å². The van der Waals surface area contributed by atoms with Crippen molar-refractivity contribution in [2.24, 2.45) is 5.92 Å². The van der Waals surface area contributed by atoms with E-state index in [0.29, 0.717) is 12.8 Å². The summed E-state index contributed by atoms with van der Waals surface area (Å²) in [5.74, 6) is -1.73. The molecule has 0 aromatic heterocycles. The molecule has 170 valence electrons. The van der Waals surface area contributed by atoms with E-state index in [-0.39, 0.29) is 37.4 Å². The highest BCUT2D eigenvalue weighted by atomic mass is 16.5. The van der Waals surface area contributed by atoms with Gasteiger partial charge in [0.2, 0.25) is 5.91 Å². The molecule has 3 rings (SSSR count). The van der Waals surface area contributed by atoms with E-state index < -0.39 is 18.0 Å². The summed E-state index contributed by atoms with van der Waals surface area (Å²) in [4.78, 5) is 34.9. The number of carbonyl (C=O) groups is 3. The summed E-state index contributed by atoms with van der Waals surface area (Å²) >= 11 is 0. The first-order chi connectivity index (χ1) is 15.4. The van der Waals surface area contributed by atoms with Crippen LogP contribution in [0.15, 0.2) is 48.5 Å². The van der Waals surface area contributed by atoms with Crippen LogP contribution in [0, 0.1) is 5.92 Å². The maximum atomic E-state index is 12.3. The number of carboxylic acids is 1. The zero-order chi connectivity index (χ0) is 23.1. The molecule has 7 heteroatoms. The summed E-state index contributed by atoms with van der Waals surface area (Å²) in [6, 6.07) is 16.2. The highest BCUT2D eigenvalue weighted by Crippen LogP contribution is 2.44. The van der Waals surface area contributed by atoms with Gasteiger partial charge in [-0.15, -0.1) is 0 Å². The van der Waals surface area contributed by atoms with Gasteiger partial charge in [-0.25, -0.2) is 4.79 Å². The minimum Gasteiger partial charge on any atom is -0.481 e. The van der Waals surface area contributed by atoms with Crippen molar-refractivity contribution in [2.75, 3.05) is 13.2 Å². The standard InChI is InChI=1S/C25H30N2O5/c1-16(24(29)30)14-26-23(28)13-7-8-17(2)27-25(31)32-15-22-20-11-5-3-9-18(20)19-10-4-6-12-21(19)22/h3-6,9-12,16-17,22H,7-8,13-15H2,1-2H3,(H,26,28)(H,27,31)(H,29,30). The van der Waals surface area contributed by atoms with Crippen molar-refractivity contribution in [3.63, 3.8) is 0 Å². The van der Waals surface area contributed by atoms with Gasteiger partial charge >= 0.3 is 12.1 Å². The molecule has 32 heavy (non-hydrogen) atoms. The lowest BCUT2D eigenvalue weighted by molar-refractivity contribution is -0.141. The van der Waals surface area contributed by atoms with Crippen molar-refractivity contribution in [1.82, 2.24) is 10.6 Å². The highest BCUT2D eigenvalue weighted by molar-refractivity contribution is 5.79. The van der Waals surface area contributed by atoms with Crippen molar-refractivity contribution in [1.29, 1.82) is 0 Å². The third kappa shape index (κ3) is 5.87. The Labute approximate surface area is 188 Å². The zero-order valence-corrected chi connectivity index (χ0v) is 18.5. The van der Waals surface area contributed by atoms with Crippen LogP contribution in [-0.2, 0) is 14.3 Å². The Hall–Kier alpha value is -3.35. The molecule has 1 aliphatic rings.